The van der Waals surface area contributed by atoms with Crippen molar-refractivity contribution in [2.45, 2.75) is 38.3 Å². The lowest BCUT2D eigenvalue weighted by Gasteiger charge is -2.31. The fourth-order valence-corrected chi connectivity index (χ4v) is 2.35. The predicted molar refractivity (Wildman–Crippen MR) is 67.9 cm³/mol. The second kappa shape index (κ2) is 6.49. The van der Waals surface area contributed by atoms with E-state index in [1.165, 1.54) is 19.2 Å². The molecule has 1 fully saturated rings. The Morgan fingerprint density at radius 2 is 2.39 bits per heavy atom. The lowest BCUT2D eigenvalue weighted by atomic mass is 10.00. The standard InChI is InChI=1S/C12H21N5O/c1-16-6-3-2-4-11(16)8-12(18)14-5-7-17-10-13-9-15-17/h9-11H,2-8H2,1H3,(H,14,18)/t11-/m0/s1. The lowest BCUT2D eigenvalue weighted by Crippen LogP contribution is -2.40. The Hall–Kier alpha value is -1.43. The van der Waals surface area contributed by atoms with Crippen molar-refractivity contribution in [1.82, 2.24) is 25.0 Å². The lowest BCUT2D eigenvalue weighted by molar-refractivity contribution is -0.122. The van der Waals surface area contributed by atoms with Gasteiger partial charge in [-0.05, 0) is 26.4 Å². The van der Waals surface area contributed by atoms with Gasteiger partial charge in [-0.3, -0.25) is 9.48 Å². The minimum absolute atomic E-state index is 0.133. The first-order valence-electron chi connectivity index (χ1n) is 6.55. The van der Waals surface area contributed by atoms with Gasteiger partial charge >= 0.3 is 0 Å². The fraction of sp³-hybridized carbons (Fsp3) is 0.750. The molecule has 100 valence electrons. The highest BCUT2D eigenvalue weighted by atomic mass is 16.1. The summed E-state index contributed by atoms with van der Waals surface area (Å²) < 4.78 is 1.72. The molecule has 0 spiro atoms. The van der Waals surface area contributed by atoms with Crippen molar-refractivity contribution in [2.24, 2.45) is 0 Å². The van der Waals surface area contributed by atoms with Crippen LogP contribution in [0.1, 0.15) is 25.7 Å². The van der Waals surface area contributed by atoms with Crippen molar-refractivity contribution in [3.63, 3.8) is 0 Å². The number of amides is 1. The summed E-state index contributed by atoms with van der Waals surface area (Å²) in [6.45, 7) is 2.39. The smallest absolute Gasteiger partial charge is 0.221 e. The molecule has 0 unspecified atom stereocenters. The molecule has 1 aromatic heterocycles. The molecule has 1 amide bonds. The summed E-state index contributed by atoms with van der Waals surface area (Å²) in [6.07, 6.45) is 7.38. The van der Waals surface area contributed by atoms with Crippen molar-refractivity contribution in [3.05, 3.63) is 12.7 Å². The Morgan fingerprint density at radius 3 is 3.11 bits per heavy atom. The Labute approximate surface area is 107 Å². The number of piperidine rings is 1. The monoisotopic (exact) mass is 251 g/mol. The van der Waals surface area contributed by atoms with Gasteiger partial charge in [0, 0.05) is 19.0 Å². The number of hydrogen-bond donors (Lipinski definition) is 1. The molecule has 0 radical (unpaired) electrons. The molecule has 0 saturated carbocycles. The number of carbonyl (C=O) groups excluding carboxylic acids is 1. The van der Waals surface area contributed by atoms with E-state index in [2.05, 4.69) is 27.3 Å². The topological polar surface area (TPSA) is 63.1 Å². The van der Waals surface area contributed by atoms with E-state index in [0.717, 1.165) is 13.0 Å². The average molecular weight is 251 g/mol. The van der Waals surface area contributed by atoms with Crippen LogP contribution >= 0.6 is 0 Å². The average Bonchev–Trinajstić information content (AvgIpc) is 2.85. The normalized spacial score (nSPS) is 20.8. The summed E-state index contributed by atoms with van der Waals surface area (Å²) in [7, 11) is 2.10. The first kappa shape index (κ1) is 13.0. The van der Waals surface area contributed by atoms with E-state index in [9.17, 15) is 4.79 Å². The van der Waals surface area contributed by atoms with Crippen molar-refractivity contribution in [2.75, 3.05) is 20.1 Å². The molecule has 0 aromatic carbocycles. The van der Waals surface area contributed by atoms with E-state index in [1.807, 2.05) is 0 Å². The SMILES string of the molecule is CN1CCCC[C@H]1CC(=O)NCCn1cncn1. The van der Waals surface area contributed by atoms with E-state index in [0.29, 0.717) is 25.6 Å². The minimum atomic E-state index is 0.133. The third-order valence-electron chi connectivity index (χ3n) is 3.47. The quantitative estimate of drug-likeness (QED) is 0.816. The van der Waals surface area contributed by atoms with Crippen LogP contribution in [0.15, 0.2) is 12.7 Å². The number of carbonyl (C=O) groups is 1. The zero-order valence-electron chi connectivity index (χ0n) is 10.9. The summed E-state index contributed by atoms with van der Waals surface area (Å²) in [5.74, 6) is 0.133. The summed E-state index contributed by atoms with van der Waals surface area (Å²) in [6, 6.07) is 0.408. The van der Waals surface area contributed by atoms with Crippen molar-refractivity contribution >= 4 is 5.91 Å². The molecule has 6 nitrogen and oxygen atoms in total. The maximum Gasteiger partial charge on any atom is 0.221 e. The molecule has 0 aliphatic carbocycles. The molecule has 1 aliphatic heterocycles. The van der Waals surface area contributed by atoms with Gasteiger partial charge < -0.3 is 10.2 Å². The summed E-state index contributed by atoms with van der Waals surface area (Å²) in [4.78, 5) is 18.0. The molecule has 1 N–H and O–H groups in total. The van der Waals surface area contributed by atoms with E-state index in [1.54, 1.807) is 11.0 Å². The summed E-state index contributed by atoms with van der Waals surface area (Å²) >= 11 is 0. The maximum atomic E-state index is 11.8. The van der Waals surface area contributed by atoms with Crippen LogP contribution in [0.4, 0.5) is 0 Å². The highest BCUT2D eigenvalue weighted by Crippen LogP contribution is 2.17. The molecule has 1 aliphatic rings. The van der Waals surface area contributed by atoms with Gasteiger partial charge in [0.05, 0.1) is 6.54 Å². The molecule has 2 rings (SSSR count). The molecule has 2 heterocycles. The first-order chi connectivity index (χ1) is 8.75. The summed E-state index contributed by atoms with van der Waals surface area (Å²) in [5, 5.41) is 6.92. The zero-order valence-corrected chi connectivity index (χ0v) is 10.9. The second-order valence-electron chi connectivity index (χ2n) is 4.84. The molecular weight excluding hydrogens is 230 g/mol. The van der Waals surface area contributed by atoms with Crippen LogP contribution < -0.4 is 5.32 Å². The van der Waals surface area contributed by atoms with Crippen LogP contribution in [-0.4, -0.2) is 51.8 Å². The van der Waals surface area contributed by atoms with Crippen LogP contribution in [0, 0.1) is 0 Å². The molecule has 1 atom stereocenters. The van der Waals surface area contributed by atoms with Gasteiger partial charge in [-0.15, -0.1) is 0 Å². The van der Waals surface area contributed by atoms with Gasteiger partial charge in [-0.1, -0.05) is 6.42 Å². The van der Waals surface area contributed by atoms with Gasteiger partial charge in [-0.2, -0.15) is 5.10 Å². The molecule has 1 saturated heterocycles. The van der Waals surface area contributed by atoms with Crippen LogP contribution in [0.5, 0.6) is 0 Å². The number of nitrogens with zero attached hydrogens (tertiary/aromatic N) is 4. The van der Waals surface area contributed by atoms with Gasteiger partial charge in [0.25, 0.3) is 0 Å². The third-order valence-corrected chi connectivity index (χ3v) is 3.47. The van der Waals surface area contributed by atoms with Crippen LogP contribution in [0.2, 0.25) is 0 Å². The van der Waals surface area contributed by atoms with E-state index < -0.39 is 0 Å². The fourth-order valence-electron chi connectivity index (χ4n) is 2.35. The number of nitrogens with one attached hydrogen (secondary N) is 1. The Morgan fingerprint density at radius 1 is 1.50 bits per heavy atom. The Balaban J connectivity index is 1.65. The number of hydrogen-bond acceptors (Lipinski definition) is 4. The van der Waals surface area contributed by atoms with Crippen LogP contribution in [-0.2, 0) is 11.3 Å². The molecule has 18 heavy (non-hydrogen) atoms. The Bertz CT molecular complexity index is 365. The van der Waals surface area contributed by atoms with Gasteiger partial charge in [0.2, 0.25) is 5.91 Å². The first-order valence-corrected chi connectivity index (χ1v) is 6.55. The number of aromatic nitrogens is 3. The largest absolute Gasteiger partial charge is 0.354 e. The maximum absolute atomic E-state index is 11.8. The van der Waals surface area contributed by atoms with E-state index in [4.69, 9.17) is 0 Å². The number of likely N-dealkylation sites (tertiary alicyclic amines) is 1. The van der Waals surface area contributed by atoms with Gasteiger partial charge in [0.15, 0.2) is 0 Å². The highest BCUT2D eigenvalue weighted by molar-refractivity contribution is 5.76. The van der Waals surface area contributed by atoms with Crippen molar-refractivity contribution in [3.8, 4) is 0 Å². The third kappa shape index (κ3) is 3.80. The minimum Gasteiger partial charge on any atom is -0.354 e. The van der Waals surface area contributed by atoms with E-state index >= 15 is 0 Å². The Kier molecular flexibility index (Phi) is 4.69. The molecular formula is C12H21N5O. The van der Waals surface area contributed by atoms with Crippen LogP contribution in [0.3, 0.4) is 0 Å². The molecule has 1 aromatic rings. The van der Waals surface area contributed by atoms with Gasteiger partial charge in [-0.25, -0.2) is 4.98 Å². The number of rotatable bonds is 5. The molecule has 6 heteroatoms. The van der Waals surface area contributed by atoms with E-state index in [-0.39, 0.29) is 5.91 Å². The molecule has 0 bridgehead atoms. The van der Waals surface area contributed by atoms with Crippen molar-refractivity contribution in [1.29, 1.82) is 0 Å². The second-order valence-corrected chi connectivity index (χ2v) is 4.84. The predicted octanol–water partition coefficient (Wildman–Crippen LogP) is 0.269. The van der Waals surface area contributed by atoms with Crippen LogP contribution in [0.25, 0.3) is 0 Å². The van der Waals surface area contributed by atoms with Crippen molar-refractivity contribution < 1.29 is 4.79 Å². The highest BCUT2D eigenvalue weighted by Gasteiger charge is 2.21. The summed E-state index contributed by atoms with van der Waals surface area (Å²) in [5.41, 5.74) is 0. The zero-order chi connectivity index (χ0) is 12.8. The van der Waals surface area contributed by atoms with Gasteiger partial charge in [0.1, 0.15) is 12.7 Å².